The Bertz CT molecular complexity index is 959. The number of methoxy groups -OCH3 is 1. The van der Waals surface area contributed by atoms with Crippen LogP contribution in [0.1, 0.15) is 15.9 Å². The van der Waals surface area contributed by atoms with E-state index in [1.807, 2.05) is 6.07 Å². The zero-order chi connectivity index (χ0) is 20.5. The van der Waals surface area contributed by atoms with Crippen LogP contribution in [0.2, 0.25) is 5.02 Å². The van der Waals surface area contributed by atoms with E-state index in [0.29, 0.717) is 16.1 Å². The molecule has 0 saturated heterocycles. The van der Waals surface area contributed by atoms with Gasteiger partial charge in [-0.15, -0.1) is 6.58 Å². The first-order chi connectivity index (χ1) is 13.5. The van der Waals surface area contributed by atoms with Crippen molar-refractivity contribution in [1.82, 2.24) is 5.32 Å². The summed E-state index contributed by atoms with van der Waals surface area (Å²) in [5.74, 6) is -0.603. The van der Waals surface area contributed by atoms with Gasteiger partial charge in [0.15, 0.2) is 11.5 Å². The molecule has 1 amide bonds. The number of carbonyl (C=O) groups excluding carboxylic acids is 2. The number of nitriles is 1. The van der Waals surface area contributed by atoms with E-state index in [1.54, 1.807) is 36.4 Å². The molecule has 1 N–H and O–H groups in total. The lowest BCUT2D eigenvalue weighted by Crippen LogP contribution is -2.24. The molecule has 28 heavy (non-hydrogen) atoms. The van der Waals surface area contributed by atoms with Gasteiger partial charge in [0.25, 0.3) is 5.91 Å². The van der Waals surface area contributed by atoms with Crippen molar-refractivity contribution in [1.29, 1.82) is 5.26 Å². The number of carbonyl (C=O) groups is 2. The third-order valence-corrected chi connectivity index (χ3v) is 3.81. The van der Waals surface area contributed by atoms with Gasteiger partial charge in [0.2, 0.25) is 0 Å². The molecule has 0 radical (unpaired) electrons. The number of ether oxygens (including phenoxy) is 2. The fourth-order valence-corrected chi connectivity index (χ4v) is 2.30. The molecule has 2 aromatic carbocycles. The molecule has 0 aliphatic rings. The Morgan fingerprint density at radius 3 is 2.54 bits per heavy atom. The van der Waals surface area contributed by atoms with E-state index in [2.05, 4.69) is 11.9 Å². The first kappa shape index (κ1) is 20.7. The molecule has 0 spiro atoms. The third-order valence-electron chi connectivity index (χ3n) is 3.55. The van der Waals surface area contributed by atoms with Gasteiger partial charge in [-0.3, -0.25) is 4.79 Å². The van der Waals surface area contributed by atoms with Gasteiger partial charge in [0.1, 0.15) is 11.6 Å². The summed E-state index contributed by atoms with van der Waals surface area (Å²) in [6.45, 7) is 3.75. The van der Waals surface area contributed by atoms with Gasteiger partial charge in [-0.05, 0) is 48.0 Å². The second kappa shape index (κ2) is 9.95. The Balaban J connectivity index is 2.23. The Morgan fingerprint density at radius 1 is 1.21 bits per heavy atom. The summed E-state index contributed by atoms with van der Waals surface area (Å²) in [6, 6.07) is 12.8. The van der Waals surface area contributed by atoms with Crippen LogP contribution in [0.25, 0.3) is 6.08 Å². The maximum atomic E-state index is 12.3. The normalized spacial score (nSPS) is 10.5. The van der Waals surface area contributed by atoms with Crippen molar-refractivity contribution in [3.8, 4) is 17.6 Å². The quantitative estimate of drug-likeness (QED) is 0.253. The summed E-state index contributed by atoms with van der Waals surface area (Å²) < 4.78 is 10.6. The van der Waals surface area contributed by atoms with Crippen LogP contribution in [-0.2, 0) is 4.79 Å². The van der Waals surface area contributed by atoms with Crippen molar-refractivity contribution in [2.24, 2.45) is 0 Å². The van der Waals surface area contributed by atoms with E-state index in [4.69, 9.17) is 21.1 Å². The van der Waals surface area contributed by atoms with Crippen LogP contribution in [0, 0.1) is 11.3 Å². The number of amides is 1. The molecule has 0 heterocycles. The molecule has 0 saturated carbocycles. The number of hydrogen-bond donors (Lipinski definition) is 1. The molecule has 0 atom stereocenters. The monoisotopic (exact) mass is 396 g/mol. The molecule has 2 rings (SSSR count). The predicted octanol–water partition coefficient (Wildman–Crippen LogP) is 3.78. The van der Waals surface area contributed by atoms with Gasteiger partial charge in [0.05, 0.1) is 12.7 Å². The van der Waals surface area contributed by atoms with Gasteiger partial charge in [-0.25, -0.2) is 4.79 Å². The minimum Gasteiger partial charge on any atom is -0.493 e. The zero-order valence-corrected chi connectivity index (χ0v) is 15.8. The molecule has 7 heteroatoms. The Hall–Kier alpha value is -3.56. The van der Waals surface area contributed by atoms with Crippen LogP contribution < -0.4 is 14.8 Å². The van der Waals surface area contributed by atoms with E-state index in [9.17, 15) is 14.9 Å². The zero-order valence-electron chi connectivity index (χ0n) is 15.1. The molecule has 142 valence electrons. The third kappa shape index (κ3) is 5.47. The van der Waals surface area contributed by atoms with Crippen LogP contribution >= 0.6 is 11.6 Å². The summed E-state index contributed by atoms with van der Waals surface area (Å²) in [7, 11) is 1.42. The molecule has 0 fully saturated rings. The number of rotatable bonds is 7. The fourth-order valence-electron chi connectivity index (χ4n) is 2.18. The van der Waals surface area contributed by atoms with Crippen LogP contribution in [0.4, 0.5) is 0 Å². The highest BCUT2D eigenvalue weighted by atomic mass is 35.5. The molecule has 2 aromatic rings. The first-order valence-corrected chi connectivity index (χ1v) is 8.53. The average Bonchev–Trinajstić information content (AvgIpc) is 2.71. The molecule has 0 aromatic heterocycles. The lowest BCUT2D eigenvalue weighted by molar-refractivity contribution is -0.116. The number of benzene rings is 2. The summed E-state index contributed by atoms with van der Waals surface area (Å²) in [6.07, 6.45) is 2.92. The van der Waals surface area contributed by atoms with E-state index in [1.165, 1.54) is 25.3 Å². The minimum absolute atomic E-state index is 0.0742. The smallest absolute Gasteiger partial charge is 0.343 e. The maximum absolute atomic E-state index is 12.3. The van der Waals surface area contributed by atoms with Gasteiger partial charge in [0, 0.05) is 11.6 Å². The second-order valence-electron chi connectivity index (χ2n) is 5.48. The topological polar surface area (TPSA) is 88.4 Å². The molecule has 0 bridgehead atoms. The predicted molar refractivity (Wildman–Crippen MR) is 106 cm³/mol. The number of nitrogens with zero attached hydrogens (tertiary/aromatic N) is 1. The summed E-state index contributed by atoms with van der Waals surface area (Å²) >= 11 is 5.81. The van der Waals surface area contributed by atoms with Crippen LogP contribution in [0.5, 0.6) is 11.5 Å². The van der Waals surface area contributed by atoms with Crippen molar-refractivity contribution in [3.05, 3.63) is 76.8 Å². The number of halogens is 1. The van der Waals surface area contributed by atoms with Gasteiger partial charge >= 0.3 is 5.97 Å². The van der Waals surface area contributed by atoms with E-state index >= 15 is 0 Å². The van der Waals surface area contributed by atoms with E-state index in [0.717, 1.165) is 0 Å². The second-order valence-corrected chi connectivity index (χ2v) is 5.91. The van der Waals surface area contributed by atoms with Gasteiger partial charge in [-0.2, -0.15) is 5.26 Å². The largest absolute Gasteiger partial charge is 0.493 e. The van der Waals surface area contributed by atoms with Crippen LogP contribution in [0.15, 0.2) is 60.7 Å². The highest BCUT2D eigenvalue weighted by Gasteiger charge is 2.14. The number of hydrogen-bond acceptors (Lipinski definition) is 5. The minimum atomic E-state index is -0.570. The Morgan fingerprint density at radius 2 is 1.93 bits per heavy atom. The summed E-state index contributed by atoms with van der Waals surface area (Å²) in [5.41, 5.74) is 0.796. The molecule has 0 unspecified atom stereocenters. The Kier molecular flexibility index (Phi) is 7.37. The molecule has 6 nitrogen and oxygen atoms in total. The Labute approximate surface area is 167 Å². The lowest BCUT2D eigenvalue weighted by atomic mass is 10.1. The summed E-state index contributed by atoms with van der Waals surface area (Å²) in [4.78, 5) is 24.2. The van der Waals surface area contributed by atoms with Gasteiger partial charge in [-0.1, -0.05) is 23.7 Å². The highest BCUT2D eigenvalue weighted by Crippen LogP contribution is 2.29. The SMILES string of the molecule is C=CCNC(=O)/C(C#N)=C/c1ccc(OC(=O)c2ccc(Cl)cc2)c(OC)c1. The van der Waals surface area contributed by atoms with E-state index in [-0.39, 0.29) is 23.6 Å². The summed E-state index contributed by atoms with van der Waals surface area (Å²) in [5, 5.41) is 12.2. The molecule has 0 aliphatic heterocycles. The van der Waals surface area contributed by atoms with E-state index < -0.39 is 11.9 Å². The standard InChI is InChI=1S/C21H17ClN2O4/c1-3-10-24-20(25)16(13-23)11-14-4-9-18(19(12-14)27-2)28-21(26)15-5-7-17(22)8-6-15/h3-9,11-12H,1,10H2,2H3,(H,24,25)/b16-11+. The van der Waals surface area contributed by atoms with Crippen LogP contribution in [-0.4, -0.2) is 25.5 Å². The number of esters is 1. The van der Waals surface area contributed by atoms with Crippen molar-refractivity contribution in [3.63, 3.8) is 0 Å². The van der Waals surface area contributed by atoms with Crippen LogP contribution in [0.3, 0.4) is 0 Å². The highest BCUT2D eigenvalue weighted by molar-refractivity contribution is 6.30. The number of nitrogens with one attached hydrogen (secondary N) is 1. The fraction of sp³-hybridized carbons (Fsp3) is 0.0952. The maximum Gasteiger partial charge on any atom is 0.343 e. The van der Waals surface area contributed by atoms with Gasteiger partial charge < -0.3 is 14.8 Å². The first-order valence-electron chi connectivity index (χ1n) is 8.15. The van der Waals surface area contributed by atoms with Crippen molar-refractivity contribution in [2.75, 3.05) is 13.7 Å². The molecular weight excluding hydrogens is 380 g/mol. The van der Waals surface area contributed by atoms with Crippen molar-refractivity contribution >= 4 is 29.6 Å². The van der Waals surface area contributed by atoms with Crippen molar-refractivity contribution in [2.45, 2.75) is 0 Å². The average molecular weight is 397 g/mol. The molecular formula is C21H17ClN2O4. The van der Waals surface area contributed by atoms with Crippen molar-refractivity contribution < 1.29 is 19.1 Å². The molecule has 0 aliphatic carbocycles. The lowest BCUT2D eigenvalue weighted by Gasteiger charge is -2.10.